The minimum Gasteiger partial charge on any atom is -0.296 e. The summed E-state index contributed by atoms with van der Waals surface area (Å²) >= 11 is 6.17. The molecular formula is C12H10ClN3. The first-order valence-corrected chi connectivity index (χ1v) is 5.18. The van der Waals surface area contributed by atoms with Gasteiger partial charge in [-0.2, -0.15) is 10.2 Å². The van der Waals surface area contributed by atoms with Gasteiger partial charge >= 0.3 is 0 Å². The van der Waals surface area contributed by atoms with E-state index in [0.29, 0.717) is 11.6 Å². The van der Waals surface area contributed by atoms with E-state index in [4.69, 9.17) is 11.6 Å². The average molecular weight is 232 g/mol. The van der Waals surface area contributed by atoms with Gasteiger partial charge in [-0.15, -0.1) is 0 Å². The van der Waals surface area contributed by atoms with Crippen molar-refractivity contribution >= 4 is 18.3 Å². The van der Waals surface area contributed by atoms with Gasteiger partial charge in [0.2, 0.25) is 0 Å². The number of hydrogen-bond donors (Lipinski definition) is 0. The third-order valence-electron chi connectivity index (χ3n) is 2.18. The van der Waals surface area contributed by atoms with Crippen LogP contribution in [0.15, 0.2) is 41.5 Å². The quantitative estimate of drug-likeness (QED) is 0.762. The van der Waals surface area contributed by atoms with E-state index in [-0.39, 0.29) is 0 Å². The van der Waals surface area contributed by atoms with E-state index in [9.17, 15) is 0 Å². The first-order chi connectivity index (χ1) is 7.81. The Morgan fingerprint density at radius 1 is 1.31 bits per heavy atom. The van der Waals surface area contributed by atoms with Crippen LogP contribution in [-0.2, 0) is 6.54 Å². The van der Waals surface area contributed by atoms with Crippen LogP contribution in [0, 0.1) is 0 Å². The molecule has 0 atom stereocenters. The first kappa shape index (κ1) is 10.8. The van der Waals surface area contributed by atoms with Crippen LogP contribution in [0.25, 0.3) is 11.3 Å². The largest absolute Gasteiger partial charge is 0.296 e. The lowest BCUT2D eigenvalue weighted by atomic mass is 10.1. The third kappa shape index (κ3) is 2.25. The molecule has 0 radical (unpaired) electrons. The number of halogens is 1. The molecule has 0 saturated heterocycles. The van der Waals surface area contributed by atoms with Crippen LogP contribution in [0.3, 0.4) is 0 Å². The Balaban J connectivity index is 2.40. The van der Waals surface area contributed by atoms with Crippen molar-refractivity contribution in [2.45, 2.75) is 6.54 Å². The van der Waals surface area contributed by atoms with E-state index in [1.54, 1.807) is 6.20 Å². The van der Waals surface area contributed by atoms with Crippen molar-refractivity contribution in [3.63, 3.8) is 0 Å². The van der Waals surface area contributed by atoms with Gasteiger partial charge in [0.25, 0.3) is 0 Å². The summed E-state index contributed by atoms with van der Waals surface area (Å²) in [6.07, 6.45) is 1.63. The summed E-state index contributed by atoms with van der Waals surface area (Å²) < 4.78 is 0. The molecular weight excluding hydrogens is 222 g/mol. The predicted octanol–water partition coefficient (Wildman–Crippen LogP) is 3.00. The van der Waals surface area contributed by atoms with Crippen molar-refractivity contribution in [1.82, 2.24) is 10.2 Å². The Kier molecular flexibility index (Phi) is 3.27. The van der Waals surface area contributed by atoms with Crippen molar-refractivity contribution in [3.8, 4) is 11.3 Å². The molecule has 1 aromatic carbocycles. The normalized spacial score (nSPS) is 10.1. The van der Waals surface area contributed by atoms with E-state index in [0.717, 1.165) is 16.8 Å². The second kappa shape index (κ2) is 4.86. The number of hydrogen-bond acceptors (Lipinski definition) is 3. The van der Waals surface area contributed by atoms with E-state index in [1.165, 1.54) is 0 Å². The number of aliphatic imine (C=N–C) groups is 1. The lowest BCUT2D eigenvalue weighted by Gasteiger charge is -2.04. The molecule has 0 aliphatic carbocycles. The number of nitrogens with zero attached hydrogens (tertiary/aromatic N) is 3. The maximum Gasteiger partial charge on any atom is 0.0944 e. The van der Waals surface area contributed by atoms with E-state index < -0.39 is 0 Å². The standard InChI is InChI=1S/C12H10ClN3/c1-14-8-9-4-5-10(11(13)7-9)12-3-2-6-15-16-12/h2-7H,1,8H2. The zero-order valence-electron chi connectivity index (χ0n) is 8.60. The molecule has 4 heteroatoms. The van der Waals surface area contributed by atoms with Gasteiger partial charge in [0.1, 0.15) is 0 Å². The third-order valence-corrected chi connectivity index (χ3v) is 2.49. The van der Waals surface area contributed by atoms with Crippen LogP contribution in [0.5, 0.6) is 0 Å². The maximum absolute atomic E-state index is 6.17. The zero-order valence-corrected chi connectivity index (χ0v) is 9.35. The van der Waals surface area contributed by atoms with Crippen molar-refractivity contribution in [1.29, 1.82) is 0 Å². The van der Waals surface area contributed by atoms with Gasteiger partial charge in [0.05, 0.1) is 17.3 Å². The molecule has 2 rings (SSSR count). The van der Waals surface area contributed by atoms with Crippen LogP contribution in [0.2, 0.25) is 5.02 Å². The van der Waals surface area contributed by atoms with Crippen LogP contribution in [0.4, 0.5) is 0 Å². The summed E-state index contributed by atoms with van der Waals surface area (Å²) in [7, 11) is 0. The highest BCUT2D eigenvalue weighted by molar-refractivity contribution is 6.33. The number of benzene rings is 1. The summed E-state index contributed by atoms with van der Waals surface area (Å²) in [5.41, 5.74) is 2.68. The highest BCUT2D eigenvalue weighted by atomic mass is 35.5. The molecule has 0 aliphatic rings. The summed E-state index contributed by atoms with van der Waals surface area (Å²) in [5.74, 6) is 0. The average Bonchev–Trinajstić information content (AvgIpc) is 2.31. The highest BCUT2D eigenvalue weighted by Crippen LogP contribution is 2.26. The smallest absolute Gasteiger partial charge is 0.0944 e. The van der Waals surface area contributed by atoms with Gasteiger partial charge in [0, 0.05) is 11.8 Å². The summed E-state index contributed by atoms with van der Waals surface area (Å²) in [5, 5.41) is 8.49. The summed E-state index contributed by atoms with van der Waals surface area (Å²) in [6.45, 7) is 4.02. The van der Waals surface area contributed by atoms with Gasteiger partial charge in [-0.25, -0.2) is 0 Å². The Hall–Kier alpha value is -1.74. The Labute approximate surface area is 98.8 Å². The van der Waals surface area contributed by atoms with E-state index >= 15 is 0 Å². The minimum atomic E-state index is 0.570. The molecule has 0 bridgehead atoms. The molecule has 0 N–H and O–H groups in total. The molecule has 2 aromatic rings. The Morgan fingerprint density at radius 3 is 2.81 bits per heavy atom. The second-order valence-corrected chi connectivity index (χ2v) is 3.71. The fourth-order valence-electron chi connectivity index (χ4n) is 1.44. The Morgan fingerprint density at radius 2 is 2.19 bits per heavy atom. The van der Waals surface area contributed by atoms with Crippen molar-refractivity contribution in [2.24, 2.45) is 4.99 Å². The molecule has 1 aromatic heterocycles. The number of aromatic nitrogens is 2. The van der Waals surface area contributed by atoms with Gasteiger partial charge in [-0.05, 0) is 30.5 Å². The minimum absolute atomic E-state index is 0.570. The molecule has 0 unspecified atom stereocenters. The lowest BCUT2D eigenvalue weighted by Crippen LogP contribution is -1.88. The number of rotatable bonds is 3. The van der Waals surface area contributed by atoms with Crippen molar-refractivity contribution in [3.05, 3.63) is 47.1 Å². The topological polar surface area (TPSA) is 38.1 Å². The molecule has 0 amide bonds. The van der Waals surface area contributed by atoms with E-state index in [2.05, 4.69) is 21.9 Å². The maximum atomic E-state index is 6.17. The Bertz CT molecular complexity index is 497. The first-order valence-electron chi connectivity index (χ1n) is 4.80. The van der Waals surface area contributed by atoms with Gasteiger partial charge in [0.15, 0.2) is 0 Å². The molecule has 80 valence electrons. The van der Waals surface area contributed by atoms with Crippen molar-refractivity contribution in [2.75, 3.05) is 0 Å². The molecule has 16 heavy (non-hydrogen) atoms. The molecule has 0 fully saturated rings. The fraction of sp³-hybridized carbons (Fsp3) is 0.0833. The fourth-order valence-corrected chi connectivity index (χ4v) is 1.74. The molecule has 0 aliphatic heterocycles. The lowest BCUT2D eigenvalue weighted by molar-refractivity contribution is 1.04. The van der Waals surface area contributed by atoms with Gasteiger partial charge < -0.3 is 0 Å². The summed E-state index contributed by atoms with van der Waals surface area (Å²) in [4.78, 5) is 3.81. The monoisotopic (exact) mass is 231 g/mol. The second-order valence-electron chi connectivity index (χ2n) is 3.30. The van der Waals surface area contributed by atoms with Crippen molar-refractivity contribution < 1.29 is 0 Å². The van der Waals surface area contributed by atoms with Crippen LogP contribution in [0.1, 0.15) is 5.56 Å². The molecule has 3 nitrogen and oxygen atoms in total. The van der Waals surface area contributed by atoms with Crippen LogP contribution in [-0.4, -0.2) is 16.9 Å². The van der Waals surface area contributed by atoms with Gasteiger partial charge in [-0.1, -0.05) is 23.7 Å². The predicted molar refractivity (Wildman–Crippen MR) is 65.7 cm³/mol. The molecule has 1 heterocycles. The highest BCUT2D eigenvalue weighted by Gasteiger charge is 2.05. The molecule has 0 saturated carbocycles. The summed E-state index contributed by atoms with van der Waals surface area (Å²) in [6, 6.07) is 9.47. The van der Waals surface area contributed by atoms with Crippen LogP contribution >= 0.6 is 11.6 Å². The molecule has 0 spiro atoms. The SMILES string of the molecule is C=NCc1ccc(-c2cccnn2)c(Cl)c1. The van der Waals surface area contributed by atoms with E-state index in [1.807, 2.05) is 30.3 Å². The van der Waals surface area contributed by atoms with Crippen LogP contribution < -0.4 is 0 Å². The van der Waals surface area contributed by atoms with Gasteiger partial charge in [-0.3, -0.25) is 4.99 Å². The zero-order chi connectivity index (χ0) is 11.4.